The molecule has 2 aliphatic rings. The van der Waals surface area contributed by atoms with Gasteiger partial charge in [-0.15, -0.1) is 0 Å². The summed E-state index contributed by atoms with van der Waals surface area (Å²) in [6.45, 7) is 0. The van der Waals surface area contributed by atoms with E-state index in [2.05, 4.69) is 20.7 Å². The Labute approximate surface area is 128 Å². The van der Waals surface area contributed by atoms with Crippen LogP contribution in [0.25, 0.3) is 0 Å². The molecule has 2 bridgehead atoms. The summed E-state index contributed by atoms with van der Waals surface area (Å²) >= 11 is 3.33. The second kappa shape index (κ2) is 5.31. The molecular formula is C14H18BrNO3S. The van der Waals surface area contributed by atoms with E-state index in [1.54, 1.807) is 25.3 Å². The van der Waals surface area contributed by atoms with Crippen LogP contribution in [0.3, 0.4) is 0 Å². The highest BCUT2D eigenvalue weighted by molar-refractivity contribution is 9.10. The summed E-state index contributed by atoms with van der Waals surface area (Å²) in [7, 11) is -1.89. The first kappa shape index (κ1) is 14.4. The summed E-state index contributed by atoms with van der Waals surface area (Å²) in [5, 5.41) is 0. The zero-order valence-electron chi connectivity index (χ0n) is 11.3. The molecule has 3 rings (SSSR count). The number of methoxy groups -OCH3 is 1. The number of fused-ring (bicyclic) bond motifs is 2. The number of rotatable bonds is 4. The van der Waals surface area contributed by atoms with Crippen LogP contribution in [-0.2, 0) is 10.0 Å². The lowest BCUT2D eigenvalue weighted by molar-refractivity contribution is 0.390. The van der Waals surface area contributed by atoms with Crippen LogP contribution in [0.1, 0.15) is 25.7 Å². The standard InChI is InChI=1S/C14H18BrNO3S/c1-19-14-5-4-11(8-12(14)15)20(17,18)16-13-7-9-2-3-10(13)6-9/h4-5,8-10,13,16H,2-3,6-7H2,1H3/t9-,10-,13-/m1/s1. The van der Waals surface area contributed by atoms with E-state index < -0.39 is 10.0 Å². The average molecular weight is 360 g/mol. The molecule has 110 valence electrons. The molecule has 6 heteroatoms. The Morgan fingerprint density at radius 2 is 2.10 bits per heavy atom. The fraction of sp³-hybridized carbons (Fsp3) is 0.571. The third kappa shape index (κ3) is 2.61. The number of hydrogen-bond acceptors (Lipinski definition) is 3. The van der Waals surface area contributed by atoms with Gasteiger partial charge in [-0.05, 0) is 65.2 Å². The van der Waals surface area contributed by atoms with Crippen LogP contribution in [0.4, 0.5) is 0 Å². The van der Waals surface area contributed by atoms with Crippen LogP contribution in [0.15, 0.2) is 27.6 Å². The fourth-order valence-electron chi connectivity index (χ4n) is 3.47. The predicted molar refractivity (Wildman–Crippen MR) is 80.3 cm³/mol. The van der Waals surface area contributed by atoms with Gasteiger partial charge in [-0.3, -0.25) is 0 Å². The minimum atomic E-state index is -3.45. The summed E-state index contributed by atoms with van der Waals surface area (Å²) in [5.41, 5.74) is 0. The average Bonchev–Trinajstić information content (AvgIpc) is 3.00. The monoisotopic (exact) mass is 359 g/mol. The van der Waals surface area contributed by atoms with Crippen LogP contribution in [0, 0.1) is 11.8 Å². The summed E-state index contributed by atoms with van der Waals surface area (Å²) in [5.74, 6) is 1.87. The Morgan fingerprint density at radius 1 is 1.30 bits per heavy atom. The normalized spacial score (nSPS) is 28.8. The van der Waals surface area contributed by atoms with Crippen molar-refractivity contribution < 1.29 is 13.2 Å². The Morgan fingerprint density at radius 3 is 2.65 bits per heavy atom. The van der Waals surface area contributed by atoms with Gasteiger partial charge < -0.3 is 4.74 Å². The largest absolute Gasteiger partial charge is 0.496 e. The number of sulfonamides is 1. The van der Waals surface area contributed by atoms with Crippen LogP contribution < -0.4 is 9.46 Å². The van der Waals surface area contributed by atoms with Gasteiger partial charge in [0.05, 0.1) is 16.5 Å². The molecule has 1 aromatic carbocycles. The van der Waals surface area contributed by atoms with E-state index in [-0.39, 0.29) is 10.9 Å². The fourth-order valence-corrected chi connectivity index (χ4v) is 5.51. The van der Waals surface area contributed by atoms with E-state index in [0.717, 1.165) is 18.8 Å². The van der Waals surface area contributed by atoms with E-state index in [4.69, 9.17) is 4.74 Å². The molecule has 3 atom stereocenters. The van der Waals surface area contributed by atoms with Crippen molar-refractivity contribution in [3.63, 3.8) is 0 Å². The first-order valence-corrected chi connectivity index (χ1v) is 9.13. The summed E-state index contributed by atoms with van der Waals surface area (Å²) in [4.78, 5) is 0.285. The summed E-state index contributed by atoms with van der Waals surface area (Å²) in [6.07, 6.45) is 4.59. The molecule has 0 amide bonds. The zero-order valence-corrected chi connectivity index (χ0v) is 13.7. The molecule has 0 radical (unpaired) electrons. The van der Waals surface area contributed by atoms with Gasteiger partial charge in [-0.2, -0.15) is 0 Å². The third-order valence-corrected chi connectivity index (χ3v) is 6.59. The van der Waals surface area contributed by atoms with Gasteiger partial charge in [0.25, 0.3) is 0 Å². The molecular weight excluding hydrogens is 342 g/mol. The van der Waals surface area contributed by atoms with Gasteiger partial charge >= 0.3 is 0 Å². The van der Waals surface area contributed by atoms with E-state index in [1.165, 1.54) is 12.8 Å². The molecule has 0 saturated heterocycles. The van der Waals surface area contributed by atoms with Crippen LogP contribution >= 0.6 is 15.9 Å². The molecule has 0 heterocycles. The van der Waals surface area contributed by atoms with Crippen molar-refractivity contribution in [2.75, 3.05) is 7.11 Å². The SMILES string of the molecule is COc1ccc(S(=O)(=O)N[C@@H]2C[C@@H]3CC[C@@H]2C3)cc1Br. The molecule has 1 aromatic rings. The second-order valence-corrected chi connectivity index (χ2v) is 8.27. The minimum Gasteiger partial charge on any atom is -0.496 e. The number of benzene rings is 1. The van der Waals surface area contributed by atoms with Crippen molar-refractivity contribution >= 4 is 26.0 Å². The zero-order chi connectivity index (χ0) is 14.3. The molecule has 4 nitrogen and oxygen atoms in total. The summed E-state index contributed by atoms with van der Waals surface area (Å²) < 4.78 is 33.5. The quantitative estimate of drug-likeness (QED) is 0.898. The van der Waals surface area contributed by atoms with Gasteiger partial charge in [0.1, 0.15) is 5.75 Å². The van der Waals surface area contributed by atoms with Gasteiger partial charge in [0.2, 0.25) is 10.0 Å². The van der Waals surface area contributed by atoms with Gasteiger partial charge in [-0.1, -0.05) is 6.42 Å². The third-order valence-electron chi connectivity index (χ3n) is 4.48. The number of hydrogen-bond donors (Lipinski definition) is 1. The summed E-state index contributed by atoms with van der Waals surface area (Å²) in [6, 6.07) is 4.95. The number of halogens is 1. The molecule has 2 saturated carbocycles. The lowest BCUT2D eigenvalue weighted by Gasteiger charge is -2.22. The van der Waals surface area contributed by atoms with E-state index in [1.807, 2.05) is 0 Å². The van der Waals surface area contributed by atoms with E-state index in [9.17, 15) is 8.42 Å². The molecule has 20 heavy (non-hydrogen) atoms. The Kier molecular flexibility index (Phi) is 3.81. The van der Waals surface area contributed by atoms with Crippen molar-refractivity contribution in [1.29, 1.82) is 0 Å². The number of ether oxygens (including phenoxy) is 1. The second-order valence-electron chi connectivity index (χ2n) is 5.70. The van der Waals surface area contributed by atoms with Crippen molar-refractivity contribution in [2.45, 2.75) is 36.6 Å². The molecule has 2 aliphatic carbocycles. The molecule has 2 fully saturated rings. The highest BCUT2D eigenvalue weighted by atomic mass is 79.9. The van der Waals surface area contributed by atoms with Crippen LogP contribution in [0.2, 0.25) is 0 Å². The highest BCUT2D eigenvalue weighted by Crippen LogP contribution is 2.44. The molecule has 0 aromatic heterocycles. The number of nitrogens with one attached hydrogen (secondary N) is 1. The Bertz CT molecular complexity index is 617. The highest BCUT2D eigenvalue weighted by Gasteiger charge is 2.41. The molecule has 1 N–H and O–H groups in total. The van der Waals surface area contributed by atoms with Crippen LogP contribution in [-0.4, -0.2) is 21.6 Å². The predicted octanol–water partition coefficient (Wildman–Crippen LogP) is 2.92. The van der Waals surface area contributed by atoms with Crippen molar-refractivity contribution in [1.82, 2.24) is 4.72 Å². The first-order valence-electron chi connectivity index (χ1n) is 6.85. The smallest absolute Gasteiger partial charge is 0.240 e. The molecule has 0 spiro atoms. The first-order chi connectivity index (χ1) is 9.49. The Hall–Kier alpha value is -0.590. The van der Waals surface area contributed by atoms with E-state index >= 15 is 0 Å². The van der Waals surface area contributed by atoms with E-state index in [0.29, 0.717) is 16.1 Å². The minimum absolute atomic E-state index is 0.111. The van der Waals surface area contributed by atoms with Crippen LogP contribution in [0.5, 0.6) is 5.75 Å². The lowest BCUT2D eigenvalue weighted by atomic mass is 9.96. The van der Waals surface area contributed by atoms with Crippen molar-refractivity contribution in [2.24, 2.45) is 11.8 Å². The maximum Gasteiger partial charge on any atom is 0.240 e. The van der Waals surface area contributed by atoms with Gasteiger partial charge in [0, 0.05) is 6.04 Å². The lowest BCUT2D eigenvalue weighted by Crippen LogP contribution is -2.38. The maximum absolute atomic E-state index is 12.4. The molecule has 0 unspecified atom stereocenters. The Balaban J connectivity index is 1.79. The topological polar surface area (TPSA) is 55.4 Å². The van der Waals surface area contributed by atoms with Gasteiger partial charge in [0.15, 0.2) is 0 Å². The maximum atomic E-state index is 12.4. The van der Waals surface area contributed by atoms with Crippen molar-refractivity contribution in [3.05, 3.63) is 22.7 Å². The van der Waals surface area contributed by atoms with Gasteiger partial charge in [-0.25, -0.2) is 13.1 Å². The van der Waals surface area contributed by atoms with Crippen molar-refractivity contribution in [3.8, 4) is 5.75 Å². The molecule has 0 aliphatic heterocycles.